The minimum atomic E-state index is -0.117. The first-order valence-corrected chi connectivity index (χ1v) is 6.71. The molecule has 3 rings (SSSR count). The van der Waals surface area contributed by atoms with Crippen LogP contribution in [0.1, 0.15) is 10.4 Å². The van der Waals surface area contributed by atoms with Gasteiger partial charge in [0.25, 0.3) is 5.91 Å². The van der Waals surface area contributed by atoms with Gasteiger partial charge in [-0.3, -0.25) is 9.78 Å². The van der Waals surface area contributed by atoms with E-state index in [1.54, 1.807) is 18.3 Å². The van der Waals surface area contributed by atoms with Gasteiger partial charge in [-0.05, 0) is 36.4 Å². The van der Waals surface area contributed by atoms with E-state index in [0.717, 1.165) is 16.9 Å². The van der Waals surface area contributed by atoms with Crippen molar-refractivity contribution in [3.63, 3.8) is 0 Å². The van der Waals surface area contributed by atoms with Gasteiger partial charge in [0.1, 0.15) is 0 Å². The lowest BCUT2D eigenvalue weighted by Crippen LogP contribution is -2.11. The van der Waals surface area contributed by atoms with Gasteiger partial charge in [0.2, 0.25) is 0 Å². The number of benzene rings is 2. The van der Waals surface area contributed by atoms with Gasteiger partial charge in [0, 0.05) is 23.0 Å². The van der Waals surface area contributed by atoms with Gasteiger partial charge in [-0.2, -0.15) is 0 Å². The molecule has 1 heterocycles. The molecular formula is C18H14N2O. The van der Waals surface area contributed by atoms with E-state index in [4.69, 9.17) is 0 Å². The van der Waals surface area contributed by atoms with Crippen LogP contribution in [-0.2, 0) is 0 Å². The zero-order valence-corrected chi connectivity index (χ0v) is 11.4. The third-order valence-electron chi connectivity index (χ3n) is 3.12. The van der Waals surface area contributed by atoms with Crippen LogP contribution < -0.4 is 5.32 Å². The molecule has 0 aliphatic carbocycles. The number of nitrogens with one attached hydrogen (secondary N) is 1. The fourth-order valence-corrected chi connectivity index (χ4v) is 2.08. The standard InChI is InChI=1S/C18H14N2O/c21-18(14-7-2-1-3-8-14)20-16-10-6-9-15(13-16)17-11-4-5-12-19-17/h1-13H,(H,20,21). The zero-order valence-electron chi connectivity index (χ0n) is 11.4. The Morgan fingerprint density at radius 1 is 0.857 bits per heavy atom. The average molecular weight is 274 g/mol. The van der Waals surface area contributed by atoms with Gasteiger partial charge in [-0.15, -0.1) is 0 Å². The molecule has 0 spiro atoms. The van der Waals surface area contributed by atoms with Crippen molar-refractivity contribution in [1.29, 1.82) is 0 Å². The van der Waals surface area contributed by atoms with Crippen LogP contribution in [0, 0.1) is 0 Å². The number of carbonyl (C=O) groups excluding carboxylic acids is 1. The summed E-state index contributed by atoms with van der Waals surface area (Å²) in [7, 11) is 0. The number of rotatable bonds is 3. The first-order valence-electron chi connectivity index (χ1n) is 6.71. The molecule has 0 saturated carbocycles. The monoisotopic (exact) mass is 274 g/mol. The number of hydrogen-bond acceptors (Lipinski definition) is 2. The summed E-state index contributed by atoms with van der Waals surface area (Å²) < 4.78 is 0. The Morgan fingerprint density at radius 2 is 1.67 bits per heavy atom. The second kappa shape index (κ2) is 6.01. The van der Waals surface area contributed by atoms with Gasteiger partial charge in [-0.1, -0.05) is 36.4 Å². The van der Waals surface area contributed by atoms with Crippen LogP contribution in [0.25, 0.3) is 11.3 Å². The largest absolute Gasteiger partial charge is 0.322 e. The Morgan fingerprint density at radius 3 is 2.43 bits per heavy atom. The first kappa shape index (κ1) is 13.1. The lowest BCUT2D eigenvalue weighted by atomic mass is 10.1. The molecule has 3 heteroatoms. The molecule has 0 aliphatic heterocycles. The molecule has 0 atom stereocenters. The number of amides is 1. The maximum atomic E-state index is 12.1. The van der Waals surface area contributed by atoms with Gasteiger partial charge in [0.15, 0.2) is 0 Å². The van der Waals surface area contributed by atoms with E-state index in [-0.39, 0.29) is 5.91 Å². The van der Waals surface area contributed by atoms with Crippen LogP contribution >= 0.6 is 0 Å². The third kappa shape index (κ3) is 3.15. The van der Waals surface area contributed by atoms with Crippen molar-refractivity contribution >= 4 is 11.6 Å². The van der Waals surface area contributed by atoms with E-state index in [2.05, 4.69) is 10.3 Å². The molecule has 0 unspecified atom stereocenters. The molecule has 1 amide bonds. The summed E-state index contributed by atoms with van der Waals surface area (Å²) in [5.74, 6) is -0.117. The van der Waals surface area contributed by atoms with Gasteiger partial charge in [-0.25, -0.2) is 0 Å². The highest BCUT2D eigenvalue weighted by Crippen LogP contribution is 2.20. The summed E-state index contributed by atoms with van der Waals surface area (Å²) >= 11 is 0. The summed E-state index contributed by atoms with van der Waals surface area (Å²) in [6.07, 6.45) is 1.75. The van der Waals surface area contributed by atoms with Crippen molar-refractivity contribution in [2.24, 2.45) is 0 Å². The Kier molecular flexibility index (Phi) is 3.74. The smallest absolute Gasteiger partial charge is 0.255 e. The van der Waals surface area contributed by atoms with Crippen molar-refractivity contribution < 1.29 is 4.79 Å². The van der Waals surface area contributed by atoms with E-state index in [1.165, 1.54) is 0 Å². The topological polar surface area (TPSA) is 42.0 Å². The number of aromatic nitrogens is 1. The molecule has 0 fully saturated rings. The van der Waals surface area contributed by atoms with Crippen LogP contribution in [0.15, 0.2) is 79.0 Å². The predicted molar refractivity (Wildman–Crippen MR) is 84.1 cm³/mol. The molecule has 2 aromatic carbocycles. The van der Waals surface area contributed by atoms with Gasteiger partial charge >= 0.3 is 0 Å². The first-order chi connectivity index (χ1) is 10.3. The SMILES string of the molecule is O=C(Nc1cccc(-c2ccccn2)c1)c1ccccc1. The molecule has 102 valence electrons. The average Bonchev–Trinajstić information content (AvgIpc) is 2.57. The molecule has 21 heavy (non-hydrogen) atoms. The van der Waals surface area contributed by atoms with Gasteiger partial charge < -0.3 is 5.32 Å². The second-order valence-electron chi connectivity index (χ2n) is 4.62. The quantitative estimate of drug-likeness (QED) is 0.784. The zero-order chi connectivity index (χ0) is 14.5. The summed E-state index contributed by atoms with van der Waals surface area (Å²) in [5.41, 5.74) is 3.25. The summed E-state index contributed by atoms with van der Waals surface area (Å²) in [5, 5.41) is 2.90. The summed E-state index contributed by atoms with van der Waals surface area (Å²) in [6, 6.07) is 22.6. The van der Waals surface area contributed by atoms with Crippen molar-refractivity contribution in [2.75, 3.05) is 5.32 Å². The van der Waals surface area contributed by atoms with Crippen LogP contribution in [0.4, 0.5) is 5.69 Å². The van der Waals surface area contributed by atoms with Crippen molar-refractivity contribution in [3.05, 3.63) is 84.6 Å². The van der Waals surface area contributed by atoms with Crippen LogP contribution in [0.5, 0.6) is 0 Å². The Labute approximate surface area is 123 Å². The van der Waals surface area contributed by atoms with E-state index in [0.29, 0.717) is 5.56 Å². The molecule has 1 N–H and O–H groups in total. The van der Waals surface area contributed by atoms with Crippen molar-refractivity contribution in [3.8, 4) is 11.3 Å². The van der Waals surface area contributed by atoms with E-state index >= 15 is 0 Å². The number of anilines is 1. The highest BCUT2D eigenvalue weighted by molar-refractivity contribution is 6.04. The van der Waals surface area contributed by atoms with Crippen LogP contribution in [0.2, 0.25) is 0 Å². The minimum Gasteiger partial charge on any atom is -0.322 e. The summed E-state index contributed by atoms with van der Waals surface area (Å²) in [4.78, 5) is 16.4. The molecule has 3 aromatic rings. The van der Waals surface area contributed by atoms with Crippen molar-refractivity contribution in [1.82, 2.24) is 4.98 Å². The van der Waals surface area contributed by atoms with Crippen molar-refractivity contribution in [2.45, 2.75) is 0 Å². The molecular weight excluding hydrogens is 260 g/mol. The Balaban J connectivity index is 1.83. The van der Waals surface area contributed by atoms with Crippen LogP contribution in [0.3, 0.4) is 0 Å². The lowest BCUT2D eigenvalue weighted by Gasteiger charge is -2.07. The molecule has 0 saturated heterocycles. The third-order valence-corrected chi connectivity index (χ3v) is 3.12. The van der Waals surface area contributed by atoms with Gasteiger partial charge in [0.05, 0.1) is 5.69 Å². The Bertz CT molecular complexity index is 739. The highest BCUT2D eigenvalue weighted by Gasteiger charge is 2.06. The van der Waals surface area contributed by atoms with Crippen LogP contribution in [-0.4, -0.2) is 10.9 Å². The number of nitrogens with zero attached hydrogens (tertiary/aromatic N) is 1. The number of pyridine rings is 1. The fraction of sp³-hybridized carbons (Fsp3) is 0. The normalized spacial score (nSPS) is 10.1. The molecule has 3 nitrogen and oxygen atoms in total. The lowest BCUT2D eigenvalue weighted by molar-refractivity contribution is 0.102. The number of hydrogen-bond donors (Lipinski definition) is 1. The molecule has 0 aliphatic rings. The number of carbonyl (C=O) groups is 1. The molecule has 1 aromatic heterocycles. The summed E-state index contributed by atoms with van der Waals surface area (Å²) in [6.45, 7) is 0. The van der Waals surface area contributed by atoms with E-state index in [1.807, 2.05) is 60.7 Å². The van der Waals surface area contributed by atoms with E-state index in [9.17, 15) is 4.79 Å². The highest BCUT2D eigenvalue weighted by atomic mass is 16.1. The van der Waals surface area contributed by atoms with E-state index < -0.39 is 0 Å². The Hall–Kier alpha value is -2.94. The maximum absolute atomic E-state index is 12.1. The molecule has 0 bridgehead atoms. The minimum absolute atomic E-state index is 0.117. The molecule has 0 radical (unpaired) electrons. The fourth-order valence-electron chi connectivity index (χ4n) is 2.08. The maximum Gasteiger partial charge on any atom is 0.255 e. The second-order valence-corrected chi connectivity index (χ2v) is 4.62. The predicted octanol–water partition coefficient (Wildman–Crippen LogP) is 4.00.